The third-order valence-electron chi connectivity index (χ3n) is 5.77. The summed E-state index contributed by atoms with van der Waals surface area (Å²) in [6.45, 7) is 1.44. The lowest BCUT2D eigenvalue weighted by molar-refractivity contribution is -0.192. The SMILES string of the molecule is Cc1nnc2c(C(=O)N3CCC(F)(F)C(Oc4ccc5ccccc5n4)C3)cccn12.O=C(O)C(F)(F)F. The maximum absolute atomic E-state index is 14.6. The molecule has 0 saturated carbocycles. The summed E-state index contributed by atoms with van der Waals surface area (Å²) >= 11 is 0. The maximum atomic E-state index is 14.6. The van der Waals surface area contributed by atoms with Crippen molar-refractivity contribution in [2.45, 2.75) is 31.5 Å². The Labute approximate surface area is 211 Å². The Kier molecular flexibility index (Phi) is 7.16. The van der Waals surface area contributed by atoms with Crippen LogP contribution in [0.5, 0.6) is 5.88 Å². The van der Waals surface area contributed by atoms with Crippen molar-refractivity contribution in [3.8, 4) is 5.88 Å². The van der Waals surface area contributed by atoms with E-state index < -0.39 is 30.6 Å². The van der Waals surface area contributed by atoms with Crippen LogP contribution < -0.4 is 4.74 Å². The van der Waals surface area contributed by atoms with Gasteiger partial charge in [0, 0.05) is 30.6 Å². The Morgan fingerprint density at radius 1 is 1.08 bits per heavy atom. The average Bonchev–Trinajstić information content (AvgIpc) is 3.25. The van der Waals surface area contributed by atoms with Gasteiger partial charge >= 0.3 is 12.1 Å². The number of ether oxygens (including phenoxy) is 1. The molecule has 0 spiro atoms. The average molecular weight is 537 g/mol. The van der Waals surface area contributed by atoms with Gasteiger partial charge in [-0.1, -0.05) is 18.2 Å². The third kappa shape index (κ3) is 5.63. The minimum atomic E-state index is -5.08. The van der Waals surface area contributed by atoms with Crippen molar-refractivity contribution in [2.24, 2.45) is 0 Å². The number of carboxylic acids is 1. The van der Waals surface area contributed by atoms with Gasteiger partial charge in [-0.3, -0.25) is 9.20 Å². The van der Waals surface area contributed by atoms with Gasteiger partial charge in [0.2, 0.25) is 5.88 Å². The zero-order valence-electron chi connectivity index (χ0n) is 19.7. The molecular formula is C24H20F5N5O4. The number of aryl methyl sites for hydroxylation is 1. The van der Waals surface area contributed by atoms with Crippen LogP contribution in [0.15, 0.2) is 54.7 Å². The van der Waals surface area contributed by atoms with Crippen LogP contribution >= 0.6 is 0 Å². The standard InChI is InChI=1S/C22H19F2N5O2.C2HF3O2/c1-14-26-27-20-16(6-4-11-29(14)20)21(30)28-12-10-22(23,24)18(13-28)31-19-9-8-15-5-2-3-7-17(15)25-19;3-2(4,5)1(6)7/h2-9,11,18H,10,12-13H2,1H3;(H,6,7). The highest BCUT2D eigenvalue weighted by atomic mass is 19.4. The lowest BCUT2D eigenvalue weighted by Crippen LogP contribution is -2.55. The summed E-state index contributed by atoms with van der Waals surface area (Å²) in [7, 11) is 0. The molecule has 9 nitrogen and oxygen atoms in total. The van der Waals surface area contributed by atoms with E-state index in [1.165, 1.54) is 4.90 Å². The number of alkyl halides is 5. The van der Waals surface area contributed by atoms with E-state index in [9.17, 15) is 26.7 Å². The Morgan fingerprint density at radius 3 is 2.50 bits per heavy atom. The molecule has 38 heavy (non-hydrogen) atoms. The minimum Gasteiger partial charge on any atom is -0.475 e. The van der Waals surface area contributed by atoms with Crippen molar-refractivity contribution in [3.63, 3.8) is 0 Å². The first-order valence-electron chi connectivity index (χ1n) is 11.2. The van der Waals surface area contributed by atoms with E-state index in [2.05, 4.69) is 15.2 Å². The summed E-state index contributed by atoms with van der Waals surface area (Å²) in [6.07, 6.45) is -5.33. The lowest BCUT2D eigenvalue weighted by Gasteiger charge is -2.37. The first-order chi connectivity index (χ1) is 17.9. The van der Waals surface area contributed by atoms with Crippen LogP contribution in [0.3, 0.4) is 0 Å². The van der Waals surface area contributed by atoms with Crippen LogP contribution in [0.1, 0.15) is 22.6 Å². The highest BCUT2D eigenvalue weighted by Gasteiger charge is 2.47. The van der Waals surface area contributed by atoms with Crippen LogP contribution in [0.4, 0.5) is 22.0 Å². The second-order valence-electron chi connectivity index (χ2n) is 8.38. The maximum Gasteiger partial charge on any atom is 0.490 e. The van der Waals surface area contributed by atoms with Crippen LogP contribution in [-0.4, -0.2) is 72.8 Å². The van der Waals surface area contributed by atoms with Crippen molar-refractivity contribution in [1.82, 2.24) is 24.5 Å². The molecule has 0 radical (unpaired) electrons. The zero-order valence-corrected chi connectivity index (χ0v) is 19.7. The third-order valence-corrected chi connectivity index (χ3v) is 5.77. The van der Waals surface area contributed by atoms with E-state index in [1.807, 2.05) is 18.2 Å². The molecule has 1 fully saturated rings. The van der Waals surface area contributed by atoms with Gasteiger partial charge < -0.3 is 14.7 Å². The van der Waals surface area contributed by atoms with Gasteiger partial charge in [0.05, 0.1) is 17.6 Å². The predicted molar refractivity (Wildman–Crippen MR) is 123 cm³/mol. The van der Waals surface area contributed by atoms with E-state index in [-0.39, 0.29) is 24.9 Å². The number of aromatic nitrogens is 4. The second-order valence-corrected chi connectivity index (χ2v) is 8.38. The molecular weight excluding hydrogens is 517 g/mol. The molecule has 1 aromatic carbocycles. The highest BCUT2D eigenvalue weighted by Crippen LogP contribution is 2.32. The molecule has 5 rings (SSSR count). The van der Waals surface area contributed by atoms with E-state index >= 15 is 0 Å². The summed E-state index contributed by atoms with van der Waals surface area (Å²) in [4.78, 5) is 27.7. The number of likely N-dealkylation sites (tertiary alicyclic amines) is 1. The van der Waals surface area contributed by atoms with Gasteiger partial charge in [0.1, 0.15) is 5.82 Å². The molecule has 1 amide bonds. The summed E-state index contributed by atoms with van der Waals surface area (Å²) in [6, 6.07) is 14.0. The Morgan fingerprint density at radius 2 is 1.79 bits per heavy atom. The predicted octanol–water partition coefficient (Wildman–Crippen LogP) is 4.15. The molecule has 4 aromatic rings. The van der Waals surface area contributed by atoms with E-state index in [0.29, 0.717) is 22.6 Å². The van der Waals surface area contributed by atoms with Gasteiger partial charge in [-0.25, -0.2) is 18.6 Å². The quantitative estimate of drug-likeness (QED) is 0.391. The zero-order chi connectivity index (χ0) is 27.7. The highest BCUT2D eigenvalue weighted by molar-refractivity contribution is 5.99. The van der Waals surface area contributed by atoms with Gasteiger partial charge in [-0.15, -0.1) is 10.2 Å². The van der Waals surface area contributed by atoms with Crippen molar-refractivity contribution in [1.29, 1.82) is 0 Å². The lowest BCUT2D eigenvalue weighted by atomic mass is 10.0. The number of carbonyl (C=O) groups is 2. The normalized spacial score (nSPS) is 17.1. The number of carbonyl (C=O) groups excluding carboxylic acids is 1. The molecule has 1 aliphatic heterocycles. The van der Waals surface area contributed by atoms with E-state index in [1.54, 1.807) is 47.9 Å². The smallest absolute Gasteiger partial charge is 0.475 e. The molecule has 3 aromatic heterocycles. The number of para-hydroxylation sites is 1. The Balaban J connectivity index is 0.000000426. The number of fused-ring (bicyclic) bond motifs is 2. The van der Waals surface area contributed by atoms with Crippen molar-refractivity contribution >= 4 is 28.4 Å². The molecule has 4 heterocycles. The summed E-state index contributed by atoms with van der Waals surface area (Å²) in [5, 5.41) is 16.1. The topological polar surface area (TPSA) is 110 Å². The summed E-state index contributed by atoms with van der Waals surface area (Å²) in [5.74, 6) is -5.48. The van der Waals surface area contributed by atoms with Crippen molar-refractivity contribution in [3.05, 3.63) is 66.1 Å². The van der Waals surface area contributed by atoms with Gasteiger partial charge in [-0.05, 0) is 31.2 Å². The van der Waals surface area contributed by atoms with Crippen LogP contribution in [0.25, 0.3) is 16.6 Å². The number of benzene rings is 1. The number of halogens is 5. The van der Waals surface area contributed by atoms with Crippen molar-refractivity contribution < 1.29 is 41.4 Å². The molecule has 0 aliphatic carbocycles. The first-order valence-corrected chi connectivity index (χ1v) is 11.2. The number of hydrogen-bond donors (Lipinski definition) is 1. The Bertz CT molecular complexity index is 1490. The number of carboxylic acid groups (broad SMARTS) is 1. The number of nitrogens with zero attached hydrogens (tertiary/aromatic N) is 5. The largest absolute Gasteiger partial charge is 0.490 e. The number of piperidine rings is 1. The molecule has 14 heteroatoms. The number of hydrogen-bond acceptors (Lipinski definition) is 6. The van der Waals surface area contributed by atoms with Crippen molar-refractivity contribution in [2.75, 3.05) is 13.1 Å². The fourth-order valence-corrected chi connectivity index (χ4v) is 3.81. The van der Waals surface area contributed by atoms with E-state index in [4.69, 9.17) is 14.6 Å². The van der Waals surface area contributed by atoms with Gasteiger partial charge in [0.25, 0.3) is 11.8 Å². The fourth-order valence-electron chi connectivity index (χ4n) is 3.81. The molecule has 0 bridgehead atoms. The van der Waals surface area contributed by atoms with Crippen LogP contribution in [-0.2, 0) is 4.79 Å². The second kappa shape index (κ2) is 10.2. The Hall–Kier alpha value is -4.36. The first kappa shape index (κ1) is 26.7. The molecule has 1 unspecified atom stereocenters. The number of aliphatic carboxylic acids is 1. The number of rotatable bonds is 3. The van der Waals surface area contributed by atoms with Crippen LogP contribution in [0.2, 0.25) is 0 Å². The van der Waals surface area contributed by atoms with E-state index in [0.717, 1.165) is 5.39 Å². The molecule has 1 N–H and O–H groups in total. The number of amides is 1. The molecule has 200 valence electrons. The minimum absolute atomic E-state index is 0.0784. The summed E-state index contributed by atoms with van der Waals surface area (Å²) in [5.41, 5.74) is 1.37. The van der Waals surface area contributed by atoms with Crippen LogP contribution in [0, 0.1) is 6.92 Å². The molecule has 1 atom stereocenters. The fraction of sp³-hybridized carbons (Fsp3) is 0.292. The molecule has 1 saturated heterocycles. The summed E-state index contributed by atoms with van der Waals surface area (Å²) < 4.78 is 68.3. The monoisotopic (exact) mass is 537 g/mol. The van der Waals surface area contributed by atoms with Gasteiger partial charge in [-0.2, -0.15) is 13.2 Å². The van der Waals surface area contributed by atoms with Gasteiger partial charge in [0.15, 0.2) is 11.8 Å². The number of pyridine rings is 2. The molecule has 1 aliphatic rings.